The van der Waals surface area contributed by atoms with Crippen LogP contribution < -0.4 is 4.72 Å². The molecule has 3 nitrogen and oxygen atoms in total. The van der Waals surface area contributed by atoms with Crippen molar-refractivity contribution < 1.29 is 21.6 Å². The van der Waals surface area contributed by atoms with E-state index in [1.54, 1.807) is 0 Å². The molecule has 0 heterocycles. The van der Waals surface area contributed by atoms with E-state index >= 15 is 0 Å². The van der Waals surface area contributed by atoms with Crippen molar-refractivity contribution in [1.82, 2.24) is 4.72 Å². The molecule has 0 aliphatic heterocycles. The molecule has 0 fully saturated rings. The van der Waals surface area contributed by atoms with Crippen LogP contribution in [-0.2, 0) is 16.6 Å². The van der Waals surface area contributed by atoms with E-state index in [9.17, 15) is 21.6 Å². The Morgan fingerprint density at radius 2 is 1.71 bits per heavy atom. The first-order chi connectivity index (χ1) is 9.79. The monoisotopic (exact) mass is 379 g/mol. The molecule has 0 aliphatic rings. The van der Waals surface area contributed by atoms with Crippen LogP contribution in [0.5, 0.6) is 0 Å². The van der Waals surface area contributed by atoms with Crippen molar-refractivity contribution in [3.63, 3.8) is 0 Å². The molecule has 2 aromatic rings. The quantitative estimate of drug-likeness (QED) is 0.885. The molecule has 0 aromatic heterocycles. The average Bonchev–Trinajstić information content (AvgIpc) is 2.43. The van der Waals surface area contributed by atoms with E-state index in [1.165, 1.54) is 12.1 Å². The summed E-state index contributed by atoms with van der Waals surface area (Å²) in [5, 5.41) is 0. The molecule has 112 valence electrons. The lowest BCUT2D eigenvalue weighted by molar-refractivity contribution is 0.565. The fourth-order valence-electron chi connectivity index (χ4n) is 1.58. The molecule has 0 bridgehead atoms. The van der Waals surface area contributed by atoms with Gasteiger partial charge in [0.1, 0.15) is 17.5 Å². The number of rotatable bonds is 4. The number of hydrogen-bond acceptors (Lipinski definition) is 2. The van der Waals surface area contributed by atoms with Gasteiger partial charge in [0.2, 0.25) is 10.0 Å². The van der Waals surface area contributed by atoms with E-state index in [4.69, 9.17) is 0 Å². The van der Waals surface area contributed by atoms with Gasteiger partial charge in [-0.15, -0.1) is 0 Å². The first-order valence-electron chi connectivity index (χ1n) is 5.68. The van der Waals surface area contributed by atoms with Crippen LogP contribution >= 0.6 is 15.9 Å². The van der Waals surface area contributed by atoms with Gasteiger partial charge in [0.25, 0.3) is 0 Å². The van der Waals surface area contributed by atoms with Crippen LogP contribution in [0.2, 0.25) is 0 Å². The predicted octanol–water partition coefficient (Wildman–Crippen LogP) is 3.34. The van der Waals surface area contributed by atoms with Crippen LogP contribution in [0.3, 0.4) is 0 Å². The second-order valence-electron chi connectivity index (χ2n) is 4.14. The minimum Gasteiger partial charge on any atom is -0.207 e. The SMILES string of the molecule is O=S(=O)(NCc1cc(F)ccc1F)c1ccc(Br)c(F)c1. The molecule has 8 heteroatoms. The Balaban J connectivity index is 2.21. The standard InChI is InChI=1S/C13H9BrF3NO2S/c14-11-3-2-10(6-13(11)17)21(19,20)18-7-8-5-9(15)1-4-12(8)16/h1-6,18H,7H2. The Morgan fingerprint density at radius 3 is 2.38 bits per heavy atom. The van der Waals surface area contributed by atoms with Crippen molar-refractivity contribution in [2.24, 2.45) is 0 Å². The molecule has 2 aromatic carbocycles. The highest BCUT2D eigenvalue weighted by molar-refractivity contribution is 9.10. The molecule has 0 radical (unpaired) electrons. The second kappa shape index (κ2) is 6.17. The van der Waals surface area contributed by atoms with E-state index in [0.29, 0.717) is 0 Å². The number of hydrogen-bond donors (Lipinski definition) is 1. The van der Waals surface area contributed by atoms with Crippen LogP contribution in [0.25, 0.3) is 0 Å². The maximum Gasteiger partial charge on any atom is 0.240 e. The summed E-state index contributed by atoms with van der Waals surface area (Å²) in [6.07, 6.45) is 0. The summed E-state index contributed by atoms with van der Waals surface area (Å²) in [5.74, 6) is -2.16. The number of halogens is 4. The highest BCUT2D eigenvalue weighted by atomic mass is 79.9. The van der Waals surface area contributed by atoms with Crippen molar-refractivity contribution in [1.29, 1.82) is 0 Å². The Labute approximate surface area is 128 Å². The molecule has 0 saturated carbocycles. The van der Waals surface area contributed by atoms with Crippen LogP contribution in [0.4, 0.5) is 13.2 Å². The lowest BCUT2D eigenvalue weighted by atomic mass is 10.2. The third kappa shape index (κ3) is 3.84. The van der Waals surface area contributed by atoms with Crippen molar-refractivity contribution in [2.75, 3.05) is 0 Å². The summed E-state index contributed by atoms with van der Waals surface area (Å²) >= 11 is 2.91. The number of nitrogens with one attached hydrogen (secondary N) is 1. The topological polar surface area (TPSA) is 46.2 Å². The van der Waals surface area contributed by atoms with Gasteiger partial charge in [-0.2, -0.15) is 0 Å². The van der Waals surface area contributed by atoms with Gasteiger partial charge >= 0.3 is 0 Å². The zero-order chi connectivity index (χ0) is 15.6. The van der Waals surface area contributed by atoms with Gasteiger partial charge < -0.3 is 0 Å². The van der Waals surface area contributed by atoms with Crippen molar-refractivity contribution in [3.8, 4) is 0 Å². The number of benzene rings is 2. The highest BCUT2D eigenvalue weighted by Crippen LogP contribution is 2.19. The van der Waals surface area contributed by atoms with Crippen molar-refractivity contribution >= 4 is 26.0 Å². The Morgan fingerprint density at radius 1 is 1.00 bits per heavy atom. The van der Waals surface area contributed by atoms with Gasteiger partial charge in [0, 0.05) is 12.1 Å². The largest absolute Gasteiger partial charge is 0.240 e. The lowest BCUT2D eigenvalue weighted by Gasteiger charge is -2.08. The van der Waals surface area contributed by atoms with Crippen LogP contribution in [0.1, 0.15) is 5.56 Å². The van der Waals surface area contributed by atoms with Crippen LogP contribution in [-0.4, -0.2) is 8.42 Å². The summed E-state index contributed by atoms with van der Waals surface area (Å²) in [6.45, 7) is -0.441. The van der Waals surface area contributed by atoms with E-state index in [0.717, 1.165) is 24.3 Å². The number of sulfonamides is 1. The molecule has 0 amide bonds. The summed E-state index contributed by atoms with van der Waals surface area (Å²) in [6, 6.07) is 5.98. The first kappa shape index (κ1) is 16.0. The predicted molar refractivity (Wildman–Crippen MR) is 74.5 cm³/mol. The molecule has 21 heavy (non-hydrogen) atoms. The fraction of sp³-hybridized carbons (Fsp3) is 0.0769. The highest BCUT2D eigenvalue weighted by Gasteiger charge is 2.16. The van der Waals surface area contributed by atoms with E-state index < -0.39 is 34.0 Å². The normalized spacial score (nSPS) is 11.6. The molecule has 0 aliphatic carbocycles. The second-order valence-corrected chi connectivity index (χ2v) is 6.76. The Hall–Kier alpha value is -1.38. The molecular formula is C13H9BrF3NO2S. The third-order valence-corrected chi connectivity index (χ3v) is 4.70. The Bertz CT molecular complexity index is 781. The van der Waals surface area contributed by atoms with Crippen LogP contribution in [0, 0.1) is 17.5 Å². The van der Waals surface area contributed by atoms with Crippen LogP contribution in [0.15, 0.2) is 45.8 Å². The van der Waals surface area contributed by atoms with Gasteiger partial charge in [-0.1, -0.05) is 0 Å². The smallest absolute Gasteiger partial charge is 0.207 e. The molecule has 0 unspecified atom stereocenters. The van der Waals surface area contributed by atoms with Gasteiger partial charge in [-0.05, 0) is 52.3 Å². The minimum atomic E-state index is -4.03. The van der Waals surface area contributed by atoms with Gasteiger partial charge in [-0.25, -0.2) is 26.3 Å². The van der Waals surface area contributed by atoms with Crippen molar-refractivity contribution in [3.05, 3.63) is 63.9 Å². The summed E-state index contributed by atoms with van der Waals surface area (Å²) in [4.78, 5) is -0.306. The fourth-order valence-corrected chi connectivity index (χ4v) is 2.84. The minimum absolute atomic E-state index is 0.123. The zero-order valence-corrected chi connectivity index (χ0v) is 12.8. The maximum absolute atomic E-state index is 13.4. The summed E-state index contributed by atoms with van der Waals surface area (Å²) in [5.41, 5.74) is -0.142. The molecular weight excluding hydrogens is 371 g/mol. The first-order valence-corrected chi connectivity index (χ1v) is 7.96. The van der Waals surface area contributed by atoms with Gasteiger partial charge in [0.15, 0.2) is 0 Å². The Kier molecular flexibility index (Phi) is 4.70. The average molecular weight is 380 g/mol. The summed E-state index contributed by atoms with van der Waals surface area (Å²) < 4.78 is 65.9. The third-order valence-electron chi connectivity index (χ3n) is 2.66. The maximum atomic E-state index is 13.4. The lowest BCUT2D eigenvalue weighted by Crippen LogP contribution is -2.24. The molecule has 0 atom stereocenters. The molecule has 2 rings (SSSR count). The molecule has 0 saturated heterocycles. The zero-order valence-electron chi connectivity index (χ0n) is 10.4. The molecule has 0 spiro atoms. The van der Waals surface area contributed by atoms with E-state index in [-0.39, 0.29) is 14.9 Å². The van der Waals surface area contributed by atoms with Crippen molar-refractivity contribution in [2.45, 2.75) is 11.4 Å². The molecule has 1 N–H and O–H groups in total. The van der Waals surface area contributed by atoms with E-state index in [2.05, 4.69) is 20.7 Å². The summed E-state index contributed by atoms with van der Waals surface area (Å²) in [7, 11) is -4.03. The van der Waals surface area contributed by atoms with Gasteiger partial charge in [0.05, 0.1) is 9.37 Å². The van der Waals surface area contributed by atoms with E-state index in [1.807, 2.05) is 0 Å². The van der Waals surface area contributed by atoms with Gasteiger partial charge in [-0.3, -0.25) is 0 Å².